The normalized spacial score (nSPS) is 16.7. The zero-order valence-corrected chi connectivity index (χ0v) is 17.3. The lowest BCUT2D eigenvalue weighted by atomic mass is 10.1. The molecule has 1 saturated heterocycles. The van der Waals surface area contributed by atoms with Crippen molar-refractivity contribution in [3.05, 3.63) is 69.8 Å². The van der Waals surface area contributed by atoms with Crippen molar-refractivity contribution in [2.45, 2.75) is 6.92 Å². The molecule has 3 heterocycles. The van der Waals surface area contributed by atoms with Gasteiger partial charge in [-0.2, -0.15) is 0 Å². The van der Waals surface area contributed by atoms with Crippen LogP contribution in [0.1, 0.15) is 11.3 Å². The second kappa shape index (κ2) is 7.27. The number of hydrogen-bond acceptors (Lipinski definition) is 6. The molecule has 0 saturated carbocycles. The molecule has 3 aromatic rings. The van der Waals surface area contributed by atoms with Crippen LogP contribution in [0.2, 0.25) is 5.02 Å². The van der Waals surface area contributed by atoms with Crippen LogP contribution >= 0.6 is 23.4 Å². The summed E-state index contributed by atoms with van der Waals surface area (Å²) < 4.78 is 16.6. The fourth-order valence-corrected chi connectivity index (χ4v) is 4.34. The van der Waals surface area contributed by atoms with Gasteiger partial charge < -0.3 is 13.9 Å². The van der Waals surface area contributed by atoms with Crippen molar-refractivity contribution in [1.29, 1.82) is 5.41 Å². The van der Waals surface area contributed by atoms with E-state index in [9.17, 15) is 4.79 Å². The van der Waals surface area contributed by atoms with E-state index in [1.54, 1.807) is 30.3 Å². The Hall–Kier alpha value is -3.16. The first-order valence-electron chi connectivity index (χ1n) is 9.09. The topological polar surface area (TPSA) is 75.8 Å². The zero-order chi connectivity index (χ0) is 20.8. The molecule has 1 N–H and O–H groups in total. The van der Waals surface area contributed by atoms with Gasteiger partial charge in [0.1, 0.15) is 11.5 Å². The summed E-state index contributed by atoms with van der Waals surface area (Å²) in [5.41, 5.74) is 2.38. The second-order valence-corrected chi connectivity index (χ2v) is 8.15. The van der Waals surface area contributed by atoms with Gasteiger partial charge in [0.05, 0.1) is 10.6 Å². The predicted octanol–water partition coefficient (Wildman–Crippen LogP) is 5.69. The third kappa shape index (κ3) is 3.16. The van der Waals surface area contributed by atoms with E-state index in [2.05, 4.69) is 0 Å². The van der Waals surface area contributed by atoms with Gasteiger partial charge in [-0.3, -0.25) is 15.1 Å². The number of nitrogens with one attached hydrogen (secondary N) is 1. The first kappa shape index (κ1) is 18.8. The molecule has 0 spiro atoms. The number of thioether (sulfide) groups is 1. The van der Waals surface area contributed by atoms with Gasteiger partial charge in [-0.1, -0.05) is 23.7 Å². The molecule has 0 unspecified atom stereocenters. The number of rotatable bonds is 3. The highest BCUT2D eigenvalue weighted by atomic mass is 35.5. The number of amidine groups is 1. The average Bonchev–Trinajstić information content (AvgIpc) is 3.44. The number of carbonyl (C=O) groups excluding carboxylic acids is 1. The molecule has 0 radical (unpaired) electrons. The Labute approximate surface area is 181 Å². The summed E-state index contributed by atoms with van der Waals surface area (Å²) in [6, 6.07) is 14.4. The van der Waals surface area contributed by atoms with E-state index in [4.69, 9.17) is 30.9 Å². The molecule has 0 bridgehead atoms. The Morgan fingerprint density at radius 2 is 1.97 bits per heavy atom. The summed E-state index contributed by atoms with van der Waals surface area (Å²) in [7, 11) is 0. The third-order valence-corrected chi connectivity index (χ3v) is 6.17. The van der Waals surface area contributed by atoms with Crippen molar-refractivity contribution in [3.8, 4) is 22.8 Å². The van der Waals surface area contributed by atoms with E-state index in [0.29, 0.717) is 38.6 Å². The SMILES string of the molecule is Cc1c(Cl)cccc1-c1ccc(/C=C2\SC(=N)N(c3ccc4c(c3)OCO4)C2=O)o1. The van der Waals surface area contributed by atoms with Gasteiger partial charge in [0.25, 0.3) is 5.91 Å². The maximum atomic E-state index is 13.0. The fourth-order valence-electron chi connectivity index (χ4n) is 3.32. The van der Waals surface area contributed by atoms with Gasteiger partial charge in [0.15, 0.2) is 16.7 Å². The molecule has 5 rings (SSSR count). The van der Waals surface area contributed by atoms with Crippen LogP contribution in [0.5, 0.6) is 11.5 Å². The van der Waals surface area contributed by atoms with Crippen LogP contribution in [-0.2, 0) is 4.79 Å². The van der Waals surface area contributed by atoms with Gasteiger partial charge in [0.2, 0.25) is 6.79 Å². The number of ether oxygens (including phenoxy) is 2. The molecule has 1 fully saturated rings. The van der Waals surface area contributed by atoms with Crippen molar-refractivity contribution in [3.63, 3.8) is 0 Å². The molecule has 6 nitrogen and oxygen atoms in total. The second-order valence-electron chi connectivity index (χ2n) is 6.71. The molecule has 2 aromatic carbocycles. The van der Waals surface area contributed by atoms with E-state index < -0.39 is 0 Å². The van der Waals surface area contributed by atoms with Crippen molar-refractivity contribution >= 4 is 46.2 Å². The smallest absolute Gasteiger partial charge is 0.271 e. The fraction of sp³-hybridized carbons (Fsp3) is 0.0909. The Bertz CT molecular complexity index is 1230. The lowest BCUT2D eigenvalue weighted by molar-refractivity contribution is -0.113. The molecule has 0 aliphatic carbocycles. The number of nitrogens with zero attached hydrogens (tertiary/aromatic N) is 1. The molecule has 30 heavy (non-hydrogen) atoms. The van der Waals surface area contributed by atoms with Gasteiger partial charge >= 0.3 is 0 Å². The van der Waals surface area contributed by atoms with Gasteiger partial charge in [-0.25, -0.2) is 0 Å². The van der Waals surface area contributed by atoms with Crippen LogP contribution in [0.4, 0.5) is 5.69 Å². The number of furan rings is 1. The Morgan fingerprint density at radius 3 is 2.83 bits per heavy atom. The van der Waals surface area contributed by atoms with Gasteiger partial charge in [-0.05, 0) is 54.6 Å². The Kier molecular flexibility index (Phi) is 4.56. The Morgan fingerprint density at radius 1 is 1.13 bits per heavy atom. The maximum absolute atomic E-state index is 13.0. The van der Waals surface area contributed by atoms with Crippen molar-refractivity contribution in [2.75, 3.05) is 11.7 Å². The monoisotopic (exact) mass is 438 g/mol. The minimum absolute atomic E-state index is 0.114. The minimum Gasteiger partial charge on any atom is -0.457 e. The quantitative estimate of drug-likeness (QED) is 0.531. The number of fused-ring (bicyclic) bond motifs is 1. The summed E-state index contributed by atoms with van der Waals surface area (Å²) in [5.74, 6) is 2.09. The minimum atomic E-state index is -0.291. The predicted molar refractivity (Wildman–Crippen MR) is 117 cm³/mol. The molecular weight excluding hydrogens is 424 g/mol. The van der Waals surface area contributed by atoms with E-state index in [0.717, 1.165) is 22.9 Å². The van der Waals surface area contributed by atoms with Crippen LogP contribution in [0.25, 0.3) is 17.4 Å². The summed E-state index contributed by atoms with van der Waals surface area (Å²) in [6.45, 7) is 2.08. The van der Waals surface area contributed by atoms with E-state index in [-0.39, 0.29) is 17.9 Å². The largest absolute Gasteiger partial charge is 0.457 e. The van der Waals surface area contributed by atoms with E-state index >= 15 is 0 Å². The molecule has 1 aromatic heterocycles. The molecule has 2 aliphatic rings. The lowest BCUT2D eigenvalue weighted by Gasteiger charge is -2.14. The maximum Gasteiger partial charge on any atom is 0.271 e. The van der Waals surface area contributed by atoms with Gasteiger partial charge in [-0.15, -0.1) is 0 Å². The first-order chi connectivity index (χ1) is 14.5. The van der Waals surface area contributed by atoms with Crippen LogP contribution < -0.4 is 14.4 Å². The zero-order valence-electron chi connectivity index (χ0n) is 15.8. The van der Waals surface area contributed by atoms with Crippen LogP contribution in [0.3, 0.4) is 0 Å². The molecule has 2 aliphatic heterocycles. The third-order valence-electron chi connectivity index (χ3n) is 4.87. The van der Waals surface area contributed by atoms with Gasteiger partial charge in [0, 0.05) is 22.7 Å². The molecule has 0 atom stereocenters. The first-order valence-corrected chi connectivity index (χ1v) is 10.3. The van der Waals surface area contributed by atoms with Crippen LogP contribution in [0, 0.1) is 12.3 Å². The average molecular weight is 439 g/mol. The number of halogens is 1. The summed E-state index contributed by atoms with van der Waals surface area (Å²) in [4.78, 5) is 14.7. The highest BCUT2D eigenvalue weighted by molar-refractivity contribution is 8.19. The van der Waals surface area contributed by atoms with Crippen LogP contribution in [0.15, 0.2) is 57.9 Å². The van der Waals surface area contributed by atoms with Crippen molar-refractivity contribution < 1.29 is 18.7 Å². The number of hydrogen-bond donors (Lipinski definition) is 1. The molecule has 1 amide bonds. The number of amides is 1. The number of carbonyl (C=O) groups is 1. The number of anilines is 1. The Balaban J connectivity index is 1.43. The van der Waals surface area contributed by atoms with E-state index in [1.165, 1.54) is 4.90 Å². The van der Waals surface area contributed by atoms with Crippen LogP contribution in [-0.4, -0.2) is 17.9 Å². The van der Waals surface area contributed by atoms with Crippen molar-refractivity contribution in [2.24, 2.45) is 0 Å². The summed E-state index contributed by atoms with van der Waals surface area (Å²) >= 11 is 7.29. The highest BCUT2D eigenvalue weighted by Crippen LogP contribution is 2.40. The summed E-state index contributed by atoms with van der Waals surface area (Å²) in [5, 5.41) is 9.05. The molecule has 8 heteroatoms. The molecule has 150 valence electrons. The summed E-state index contributed by atoms with van der Waals surface area (Å²) in [6.07, 6.45) is 1.65. The van der Waals surface area contributed by atoms with E-state index in [1.807, 2.05) is 31.2 Å². The number of benzene rings is 2. The highest BCUT2D eigenvalue weighted by Gasteiger charge is 2.34. The lowest BCUT2D eigenvalue weighted by Crippen LogP contribution is -2.28. The standard InChI is InChI=1S/C22H15ClN2O4S/c1-12-15(3-2-4-16(12)23)17-8-6-14(29-17)10-20-21(26)25(22(24)30-20)13-5-7-18-19(9-13)28-11-27-18/h2-10,24H,11H2,1H3/b20-10-,24-22?. The van der Waals surface area contributed by atoms with Crippen molar-refractivity contribution in [1.82, 2.24) is 0 Å². The molecular formula is C22H15ClN2O4S.